The Hall–Kier alpha value is -4.12. The van der Waals surface area contributed by atoms with E-state index in [0.29, 0.717) is 46.9 Å². The fourth-order valence-corrected chi connectivity index (χ4v) is 4.15. The number of carbonyl (C=O) groups excluding carboxylic acids is 4. The van der Waals surface area contributed by atoms with Crippen molar-refractivity contribution in [3.63, 3.8) is 0 Å². The van der Waals surface area contributed by atoms with Gasteiger partial charge < -0.3 is 21.3 Å². The molecule has 12 heteroatoms. The normalized spacial score (nSPS) is 11.2. The summed E-state index contributed by atoms with van der Waals surface area (Å²) in [6.45, 7) is 0.437. The Bertz CT molecular complexity index is 1320. The Balaban J connectivity index is 1.55. The zero-order valence-electron chi connectivity index (χ0n) is 21.4. The highest BCUT2D eigenvalue weighted by molar-refractivity contribution is 6.36. The highest BCUT2D eigenvalue weighted by Gasteiger charge is 2.23. The van der Waals surface area contributed by atoms with E-state index >= 15 is 0 Å². The summed E-state index contributed by atoms with van der Waals surface area (Å²) in [4.78, 5) is 49.3. The first kappa shape index (κ1) is 30.4. The van der Waals surface area contributed by atoms with Gasteiger partial charge in [0, 0.05) is 29.2 Å². The van der Waals surface area contributed by atoms with Gasteiger partial charge in [0.1, 0.15) is 6.04 Å². The number of hydroxylamine groups is 1. The largest absolute Gasteiger partial charge is 0.352 e. The molecule has 10 nitrogen and oxygen atoms in total. The molecule has 1 atom stereocenters. The number of anilines is 2. The van der Waals surface area contributed by atoms with Gasteiger partial charge in [0.25, 0.3) is 11.8 Å². The molecule has 40 heavy (non-hydrogen) atoms. The zero-order valence-corrected chi connectivity index (χ0v) is 22.9. The first-order valence-corrected chi connectivity index (χ1v) is 13.2. The third-order valence-electron chi connectivity index (χ3n) is 5.76. The summed E-state index contributed by atoms with van der Waals surface area (Å²) >= 11 is 12.1. The molecule has 0 fully saturated rings. The molecular weight excluding hydrogens is 557 g/mol. The van der Waals surface area contributed by atoms with Crippen molar-refractivity contribution in [2.24, 2.45) is 0 Å². The molecule has 3 aromatic carbocycles. The Kier molecular flexibility index (Phi) is 11.8. The second kappa shape index (κ2) is 15.5. The number of unbranched alkanes of at least 4 members (excludes halogenated alkanes) is 2. The van der Waals surface area contributed by atoms with Gasteiger partial charge in [0.15, 0.2) is 0 Å². The molecule has 5 amide bonds. The number of amides is 5. The molecule has 3 aromatic rings. The Morgan fingerprint density at radius 1 is 0.825 bits per heavy atom. The minimum absolute atomic E-state index is 0.222. The zero-order chi connectivity index (χ0) is 28.9. The third kappa shape index (κ3) is 9.57. The molecule has 0 spiro atoms. The first-order valence-electron chi connectivity index (χ1n) is 12.5. The number of hydrogen-bond acceptors (Lipinski definition) is 5. The molecule has 0 bridgehead atoms. The van der Waals surface area contributed by atoms with Crippen LogP contribution in [0.3, 0.4) is 0 Å². The summed E-state index contributed by atoms with van der Waals surface area (Å²) in [7, 11) is 0. The Labute approximate surface area is 241 Å². The van der Waals surface area contributed by atoms with Gasteiger partial charge >= 0.3 is 6.03 Å². The monoisotopic (exact) mass is 585 g/mol. The van der Waals surface area contributed by atoms with Crippen molar-refractivity contribution in [1.82, 2.24) is 16.1 Å². The summed E-state index contributed by atoms with van der Waals surface area (Å²) in [5.74, 6) is -1.21. The molecule has 6 N–H and O–H groups in total. The fourth-order valence-electron chi connectivity index (χ4n) is 3.69. The SMILES string of the molecule is O=C(CCCCCNC(=O)c1ccc(NC(=O)N[C@H](C(=O)Nc2ccc(Cl)cc2Cl)c2ccccc2)cc1)NO. The Morgan fingerprint density at radius 2 is 1.55 bits per heavy atom. The van der Waals surface area contributed by atoms with Crippen molar-refractivity contribution in [3.05, 3.63) is 94.0 Å². The number of carbonyl (C=O) groups is 4. The molecule has 0 saturated heterocycles. The van der Waals surface area contributed by atoms with Gasteiger partial charge in [-0.25, -0.2) is 10.3 Å². The Morgan fingerprint density at radius 3 is 2.23 bits per heavy atom. The maximum Gasteiger partial charge on any atom is 0.320 e. The molecule has 0 heterocycles. The number of urea groups is 1. The first-order chi connectivity index (χ1) is 19.3. The van der Waals surface area contributed by atoms with E-state index in [4.69, 9.17) is 28.4 Å². The highest BCUT2D eigenvalue weighted by Crippen LogP contribution is 2.26. The van der Waals surface area contributed by atoms with Crippen LogP contribution < -0.4 is 26.7 Å². The summed E-state index contributed by atoms with van der Waals surface area (Å²) in [6.07, 6.45) is 2.23. The van der Waals surface area contributed by atoms with E-state index in [1.165, 1.54) is 6.07 Å². The molecule has 3 rings (SSSR count). The predicted molar refractivity (Wildman–Crippen MR) is 154 cm³/mol. The van der Waals surface area contributed by atoms with Crippen molar-refractivity contribution in [3.8, 4) is 0 Å². The van der Waals surface area contributed by atoms with Crippen molar-refractivity contribution in [1.29, 1.82) is 0 Å². The van der Waals surface area contributed by atoms with Gasteiger partial charge in [-0.3, -0.25) is 19.6 Å². The summed E-state index contributed by atoms with van der Waals surface area (Å²) in [6, 6.07) is 18.0. The van der Waals surface area contributed by atoms with E-state index < -0.39 is 23.9 Å². The number of nitrogens with one attached hydrogen (secondary N) is 5. The molecule has 0 unspecified atom stereocenters. The van der Waals surface area contributed by atoms with Gasteiger partial charge in [-0.1, -0.05) is 60.0 Å². The summed E-state index contributed by atoms with van der Waals surface area (Å²) < 4.78 is 0. The number of halogens is 2. The van der Waals surface area contributed by atoms with Crippen LogP contribution in [-0.4, -0.2) is 35.5 Å². The maximum absolute atomic E-state index is 13.1. The second-order valence-corrected chi connectivity index (χ2v) is 9.58. The van der Waals surface area contributed by atoms with Crippen LogP contribution in [0.15, 0.2) is 72.8 Å². The van der Waals surface area contributed by atoms with Crippen LogP contribution in [0.2, 0.25) is 10.0 Å². The van der Waals surface area contributed by atoms with Crippen molar-refractivity contribution >= 4 is 58.3 Å². The van der Waals surface area contributed by atoms with Gasteiger partial charge in [0.05, 0.1) is 10.7 Å². The minimum atomic E-state index is -1.03. The molecule has 0 aliphatic heterocycles. The summed E-state index contributed by atoms with van der Waals surface area (Å²) in [5, 5.41) is 20.0. The highest BCUT2D eigenvalue weighted by atomic mass is 35.5. The molecule has 0 saturated carbocycles. The lowest BCUT2D eigenvalue weighted by atomic mass is 10.1. The van der Waals surface area contributed by atoms with E-state index in [-0.39, 0.29) is 17.4 Å². The van der Waals surface area contributed by atoms with E-state index in [0.717, 1.165) is 6.42 Å². The predicted octanol–water partition coefficient (Wildman–Crippen LogP) is 5.29. The third-order valence-corrected chi connectivity index (χ3v) is 6.30. The standard InChI is InChI=1S/C28H29Cl2N5O5/c29-20-12-15-23(22(30)17-20)33-27(38)25(18-7-3-1-4-8-18)34-28(39)32-21-13-10-19(11-14-21)26(37)31-16-6-2-5-9-24(36)35-40/h1,3-4,7-8,10-15,17,25,40H,2,5-6,9,16H2,(H,31,37)(H,33,38)(H,35,36)(H2,32,34,39)/t25-/m0/s1. The molecule has 0 aliphatic rings. The maximum atomic E-state index is 13.1. The molecular formula is C28H29Cl2N5O5. The number of rotatable bonds is 12. The lowest BCUT2D eigenvalue weighted by Crippen LogP contribution is -2.39. The van der Waals surface area contributed by atoms with Crippen molar-refractivity contribution in [2.75, 3.05) is 17.2 Å². The smallest absolute Gasteiger partial charge is 0.320 e. The van der Waals surface area contributed by atoms with Crippen LogP contribution in [0, 0.1) is 0 Å². The quantitative estimate of drug-likeness (QED) is 0.0969. The van der Waals surface area contributed by atoms with Crippen molar-refractivity contribution in [2.45, 2.75) is 31.7 Å². The van der Waals surface area contributed by atoms with Gasteiger partial charge in [-0.2, -0.15) is 0 Å². The van der Waals surface area contributed by atoms with Gasteiger partial charge in [0.2, 0.25) is 5.91 Å². The topological polar surface area (TPSA) is 149 Å². The number of benzene rings is 3. The van der Waals surface area contributed by atoms with Gasteiger partial charge in [-0.05, 0) is 60.9 Å². The fraction of sp³-hybridized carbons (Fsp3) is 0.214. The lowest BCUT2D eigenvalue weighted by Gasteiger charge is -2.20. The second-order valence-electron chi connectivity index (χ2n) is 8.73. The minimum Gasteiger partial charge on any atom is -0.352 e. The average molecular weight is 586 g/mol. The van der Waals surface area contributed by atoms with Crippen LogP contribution in [0.4, 0.5) is 16.2 Å². The molecule has 210 valence electrons. The van der Waals surface area contributed by atoms with Crippen LogP contribution in [0.25, 0.3) is 0 Å². The molecule has 0 aromatic heterocycles. The average Bonchev–Trinajstić information content (AvgIpc) is 2.95. The van der Waals surface area contributed by atoms with Gasteiger partial charge in [-0.15, -0.1) is 0 Å². The van der Waals surface area contributed by atoms with E-state index in [1.54, 1.807) is 72.2 Å². The van der Waals surface area contributed by atoms with Crippen molar-refractivity contribution < 1.29 is 24.4 Å². The van der Waals surface area contributed by atoms with Crippen LogP contribution in [0.5, 0.6) is 0 Å². The molecule has 0 aliphatic carbocycles. The van der Waals surface area contributed by atoms with Crippen LogP contribution >= 0.6 is 23.2 Å². The van der Waals surface area contributed by atoms with Crippen LogP contribution in [-0.2, 0) is 9.59 Å². The van der Waals surface area contributed by atoms with E-state index in [9.17, 15) is 19.2 Å². The molecule has 0 radical (unpaired) electrons. The lowest BCUT2D eigenvalue weighted by molar-refractivity contribution is -0.129. The van der Waals surface area contributed by atoms with E-state index in [2.05, 4.69) is 21.3 Å². The van der Waals surface area contributed by atoms with Crippen LogP contribution in [0.1, 0.15) is 47.6 Å². The van der Waals surface area contributed by atoms with E-state index in [1.807, 2.05) is 0 Å². The number of hydrogen-bond donors (Lipinski definition) is 6. The summed E-state index contributed by atoms with van der Waals surface area (Å²) in [5.41, 5.74) is 3.32.